The standard InChI is InChI=1S/C9H16N2O2/c1-10-8(13)7-4-6(12)5-11-9(7)2-3-9/h6-7,11-12H,2-5H2,1H3,(H,10,13). The van der Waals surface area contributed by atoms with Gasteiger partial charge in [-0.05, 0) is 19.3 Å². The van der Waals surface area contributed by atoms with Crippen molar-refractivity contribution in [2.24, 2.45) is 5.92 Å². The highest BCUT2D eigenvalue weighted by atomic mass is 16.3. The topological polar surface area (TPSA) is 61.4 Å². The van der Waals surface area contributed by atoms with E-state index < -0.39 is 0 Å². The number of amides is 1. The van der Waals surface area contributed by atoms with Crippen LogP contribution in [-0.4, -0.2) is 36.2 Å². The number of aliphatic hydroxyl groups excluding tert-OH is 1. The summed E-state index contributed by atoms with van der Waals surface area (Å²) in [6.07, 6.45) is 2.37. The fourth-order valence-electron chi connectivity index (χ4n) is 2.22. The molecule has 1 aliphatic carbocycles. The van der Waals surface area contributed by atoms with Gasteiger partial charge in [-0.1, -0.05) is 0 Å². The lowest BCUT2D eigenvalue weighted by molar-refractivity contribution is -0.128. The van der Waals surface area contributed by atoms with Crippen molar-refractivity contribution in [2.45, 2.75) is 30.9 Å². The molecule has 2 atom stereocenters. The second-order valence-electron chi connectivity index (χ2n) is 4.09. The predicted molar refractivity (Wildman–Crippen MR) is 48.1 cm³/mol. The van der Waals surface area contributed by atoms with E-state index in [1.165, 1.54) is 0 Å². The average Bonchev–Trinajstić information content (AvgIpc) is 2.90. The third-order valence-electron chi connectivity index (χ3n) is 3.22. The Labute approximate surface area is 77.7 Å². The molecule has 0 aromatic heterocycles. The van der Waals surface area contributed by atoms with Crippen molar-refractivity contribution in [1.29, 1.82) is 0 Å². The van der Waals surface area contributed by atoms with Crippen molar-refractivity contribution in [3.8, 4) is 0 Å². The molecule has 2 rings (SSSR count). The van der Waals surface area contributed by atoms with Crippen LogP contribution in [0.25, 0.3) is 0 Å². The minimum absolute atomic E-state index is 0.0271. The first-order valence-electron chi connectivity index (χ1n) is 4.83. The zero-order valence-corrected chi connectivity index (χ0v) is 7.84. The molecule has 0 aromatic carbocycles. The maximum atomic E-state index is 11.5. The number of piperidine rings is 1. The quantitative estimate of drug-likeness (QED) is 0.502. The molecule has 2 unspecified atom stereocenters. The molecular formula is C9H16N2O2. The lowest BCUT2D eigenvalue weighted by atomic mass is 9.86. The highest BCUT2D eigenvalue weighted by molar-refractivity contribution is 5.80. The van der Waals surface area contributed by atoms with Crippen LogP contribution in [0.1, 0.15) is 19.3 Å². The summed E-state index contributed by atoms with van der Waals surface area (Å²) in [5, 5.41) is 15.4. The zero-order valence-electron chi connectivity index (χ0n) is 7.84. The number of nitrogens with one attached hydrogen (secondary N) is 2. The molecule has 2 aliphatic rings. The number of hydrogen-bond acceptors (Lipinski definition) is 3. The molecular weight excluding hydrogens is 168 g/mol. The molecule has 1 amide bonds. The Bertz CT molecular complexity index is 226. The summed E-state index contributed by atoms with van der Waals surface area (Å²) < 4.78 is 0. The van der Waals surface area contributed by atoms with E-state index in [2.05, 4.69) is 10.6 Å². The molecule has 4 nitrogen and oxygen atoms in total. The Morgan fingerprint density at radius 2 is 2.31 bits per heavy atom. The van der Waals surface area contributed by atoms with Gasteiger partial charge in [0.2, 0.25) is 5.91 Å². The second-order valence-corrected chi connectivity index (χ2v) is 4.09. The van der Waals surface area contributed by atoms with Gasteiger partial charge in [0.25, 0.3) is 0 Å². The van der Waals surface area contributed by atoms with E-state index >= 15 is 0 Å². The maximum Gasteiger partial charge on any atom is 0.224 e. The summed E-state index contributed by atoms with van der Waals surface area (Å²) in [6, 6.07) is 0. The molecule has 13 heavy (non-hydrogen) atoms. The summed E-state index contributed by atoms with van der Waals surface area (Å²) in [7, 11) is 1.65. The van der Waals surface area contributed by atoms with Crippen LogP contribution in [0.5, 0.6) is 0 Å². The largest absolute Gasteiger partial charge is 0.392 e. The highest BCUT2D eigenvalue weighted by Gasteiger charge is 2.54. The van der Waals surface area contributed by atoms with Crippen LogP contribution in [0.3, 0.4) is 0 Å². The third kappa shape index (κ3) is 1.44. The SMILES string of the molecule is CNC(=O)C1CC(O)CNC12CC2. The summed E-state index contributed by atoms with van der Waals surface area (Å²) >= 11 is 0. The molecule has 0 aromatic rings. The first kappa shape index (κ1) is 8.97. The number of β-amino-alcohol motifs (C(OH)–C–C–N with tert-alkyl or cyclic N) is 1. The zero-order chi connectivity index (χ0) is 9.47. The maximum absolute atomic E-state index is 11.5. The molecule has 2 fully saturated rings. The summed E-state index contributed by atoms with van der Waals surface area (Å²) in [5.41, 5.74) is 0.0271. The molecule has 0 radical (unpaired) electrons. The van der Waals surface area contributed by atoms with Gasteiger partial charge < -0.3 is 15.7 Å². The van der Waals surface area contributed by atoms with Gasteiger partial charge in [-0.3, -0.25) is 4.79 Å². The van der Waals surface area contributed by atoms with Gasteiger partial charge in [0, 0.05) is 19.1 Å². The lowest BCUT2D eigenvalue weighted by Gasteiger charge is -2.34. The highest BCUT2D eigenvalue weighted by Crippen LogP contribution is 2.46. The summed E-state index contributed by atoms with van der Waals surface area (Å²) in [4.78, 5) is 11.5. The first-order chi connectivity index (χ1) is 6.18. The Kier molecular flexibility index (Phi) is 2.04. The van der Waals surface area contributed by atoms with E-state index in [-0.39, 0.29) is 23.5 Å². The molecule has 74 valence electrons. The molecule has 1 heterocycles. The van der Waals surface area contributed by atoms with Crippen molar-refractivity contribution in [3.63, 3.8) is 0 Å². The minimum atomic E-state index is -0.367. The van der Waals surface area contributed by atoms with E-state index in [1.54, 1.807) is 7.05 Å². The van der Waals surface area contributed by atoms with Crippen LogP contribution >= 0.6 is 0 Å². The second kappa shape index (κ2) is 2.96. The molecule has 1 aliphatic heterocycles. The Morgan fingerprint density at radius 1 is 1.62 bits per heavy atom. The molecule has 1 saturated heterocycles. The van der Waals surface area contributed by atoms with Crippen molar-refractivity contribution >= 4 is 5.91 Å². The average molecular weight is 184 g/mol. The molecule has 0 bridgehead atoms. The van der Waals surface area contributed by atoms with Gasteiger partial charge in [-0.2, -0.15) is 0 Å². The number of carbonyl (C=O) groups is 1. The fourth-order valence-corrected chi connectivity index (χ4v) is 2.22. The van der Waals surface area contributed by atoms with Crippen LogP contribution in [0, 0.1) is 5.92 Å². The Balaban J connectivity index is 2.08. The van der Waals surface area contributed by atoms with Crippen molar-refractivity contribution in [1.82, 2.24) is 10.6 Å². The van der Waals surface area contributed by atoms with Crippen LogP contribution in [-0.2, 0) is 4.79 Å². The number of rotatable bonds is 1. The molecule has 1 saturated carbocycles. The summed E-state index contributed by atoms with van der Waals surface area (Å²) in [6.45, 7) is 0.632. The lowest BCUT2D eigenvalue weighted by Crippen LogP contribution is -2.54. The van der Waals surface area contributed by atoms with Gasteiger partial charge in [0.05, 0.1) is 12.0 Å². The van der Waals surface area contributed by atoms with Crippen LogP contribution < -0.4 is 10.6 Å². The van der Waals surface area contributed by atoms with E-state index in [1.807, 2.05) is 0 Å². The monoisotopic (exact) mass is 184 g/mol. The molecule has 3 N–H and O–H groups in total. The van der Waals surface area contributed by atoms with Crippen molar-refractivity contribution in [2.75, 3.05) is 13.6 Å². The van der Waals surface area contributed by atoms with E-state index in [0.717, 1.165) is 12.8 Å². The normalized spacial score (nSPS) is 35.8. The van der Waals surface area contributed by atoms with Gasteiger partial charge >= 0.3 is 0 Å². The van der Waals surface area contributed by atoms with Gasteiger partial charge in [-0.25, -0.2) is 0 Å². The van der Waals surface area contributed by atoms with Gasteiger partial charge in [0.15, 0.2) is 0 Å². The third-order valence-corrected chi connectivity index (χ3v) is 3.22. The smallest absolute Gasteiger partial charge is 0.224 e. The predicted octanol–water partition coefficient (Wildman–Crippen LogP) is -0.765. The minimum Gasteiger partial charge on any atom is -0.392 e. The molecule has 1 spiro atoms. The van der Waals surface area contributed by atoms with Gasteiger partial charge in [-0.15, -0.1) is 0 Å². The van der Waals surface area contributed by atoms with E-state index in [0.29, 0.717) is 13.0 Å². The number of carbonyl (C=O) groups excluding carboxylic acids is 1. The fraction of sp³-hybridized carbons (Fsp3) is 0.889. The summed E-state index contributed by atoms with van der Waals surface area (Å²) in [5.74, 6) is 0.0185. The van der Waals surface area contributed by atoms with Gasteiger partial charge in [0.1, 0.15) is 0 Å². The Morgan fingerprint density at radius 3 is 2.85 bits per heavy atom. The Hall–Kier alpha value is -0.610. The number of hydrogen-bond donors (Lipinski definition) is 3. The van der Waals surface area contributed by atoms with Crippen LogP contribution in [0.2, 0.25) is 0 Å². The van der Waals surface area contributed by atoms with Crippen molar-refractivity contribution < 1.29 is 9.90 Å². The van der Waals surface area contributed by atoms with Crippen molar-refractivity contribution in [3.05, 3.63) is 0 Å². The van der Waals surface area contributed by atoms with Crippen LogP contribution in [0.4, 0.5) is 0 Å². The first-order valence-corrected chi connectivity index (χ1v) is 4.83. The van der Waals surface area contributed by atoms with E-state index in [4.69, 9.17) is 0 Å². The van der Waals surface area contributed by atoms with Crippen LogP contribution in [0.15, 0.2) is 0 Å². The molecule has 4 heteroatoms. The number of aliphatic hydroxyl groups is 1. The van der Waals surface area contributed by atoms with E-state index in [9.17, 15) is 9.90 Å².